The van der Waals surface area contributed by atoms with E-state index in [4.69, 9.17) is 11.6 Å². The Morgan fingerprint density at radius 3 is 2.48 bits per heavy atom. The zero-order valence-electron chi connectivity index (χ0n) is 11.8. The predicted molar refractivity (Wildman–Crippen MR) is 82.4 cm³/mol. The SMILES string of the molecule is Cc1cc(S(=O)(=O)NC2(C(=O)O)CCC(C)CC2)sc1Cl. The van der Waals surface area contributed by atoms with Crippen LogP contribution >= 0.6 is 22.9 Å². The Kier molecular flexibility index (Phi) is 4.68. The summed E-state index contributed by atoms with van der Waals surface area (Å²) in [7, 11) is -3.88. The summed E-state index contributed by atoms with van der Waals surface area (Å²) in [6.07, 6.45) is 2.00. The number of carbonyl (C=O) groups is 1. The van der Waals surface area contributed by atoms with Gasteiger partial charge in [0, 0.05) is 0 Å². The van der Waals surface area contributed by atoms with Crippen molar-refractivity contribution in [1.82, 2.24) is 4.72 Å². The van der Waals surface area contributed by atoms with Gasteiger partial charge in [-0.15, -0.1) is 11.3 Å². The van der Waals surface area contributed by atoms with Crippen molar-refractivity contribution in [3.8, 4) is 0 Å². The van der Waals surface area contributed by atoms with Gasteiger partial charge in [-0.1, -0.05) is 18.5 Å². The molecule has 5 nitrogen and oxygen atoms in total. The summed E-state index contributed by atoms with van der Waals surface area (Å²) in [5.74, 6) is -0.697. The maximum Gasteiger partial charge on any atom is 0.324 e. The van der Waals surface area contributed by atoms with Crippen LogP contribution < -0.4 is 4.72 Å². The largest absolute Gasteiger partial charge is 0.480 e. The van der Waals surface area contributed by atoms with Gasteiger partial charge in [0.15, 0.2) is 0 Å². The van der Waals surface area contributed by atoms with Gasteiger partial charge in [0.25, 0.3) is 10.0 Å². The van der Waals surface area contributed by atoms with Gasteiger partial charge >= 0.3 is 5.97 Å². The van der Waals surface area contributed by atoms with Crippen molar-refractivity contribution in [3.05, 3.63) is 16.0 Å². The van der Waals surface area contributed by atoms with E-state index >= 15 is 0 Å². The molecule has 0 radical (unpaired) electrons. The normalized spacial score (nSPS) is 26.7. The van der Waals surface area contributed by atoms with Crippen molar-refractivity contribution in [3.63, 3.8) is 0 Å². The molecule has 0 unspecified atom stereocenters. The van der Waals surface area contributed by atoms with Crippen LogP contribution in [-0.4, -0.2) is 25.0 Å². The number of rotatable bonds is 4. The Hall–Kier alpha value is -0.630. The van der Waals surface area contributed by atoms with Crippen LogP contribution in [-0.2, 0) is 14.8 Å². The van der Waals surface area contributed by atoms with E-state index in [1.54, 1.807) is 6.92 Å². The summed E-state index contributed by atoms with van der Waals surface area (Å²) in [6, 6.07) is 1.47. The van der Waals surface area contributed by atoms with Gasteiger partial charge in [0.1, 0.15) is 9.75 Å². The fourth-order valence-electron chi connectivity index (χ4n) is 2.49. The maximum atomic E-state index is 12.4. The number of aliphatic carboxylic acids is 1. The molecule has 118 valence electrons. The summed E-state index contributed by atoms with van der Waals surface area (Å²) in [6.45, 7) is 3.76. The lowest BCUT2D eigenvalue weighted by molar-refractivity contribution is -0.145. The number of carboxylic acid groups (broad SMARTS) is 1. The Bertz CT molecular complexity index is 626. The zero-order chi connectivity index (χ0) is 15.8. The fourth-order valence-corrected chi connectivity index (χ4v) is 5.61. The molecule has 0 saturated heterocycles. The number of sulfonamides is 1. The van der Waals surface area contributed by atoms with E-state index < -0.39 is 21.5 Å². The van der Waals surface area contributed by atoms with E-state index in [1.165, 1.54) is 6.07 Å². The van der Waals surface area contributed by atoms with Gasteiger partial charge in [0.2, 0.25) is 0 Å². The van der Waals surface area contributed by atoms with Crippen molar-refractivity contribution in [2.45, 2.75) is 49.3 Å². The van der Waals surface area contributed by atoms with Crippen molar-refractivity contribution in [2.24, 2.45) is 5.92 Å². The first-order valence-electron chi connectivity index (χ1n) is 6.69. The molecule has 1 heterocycles. The first kappa shape index (κ1) is 16.7. The van der Waals surface area contributed by atoms with Crippen molar-refractivity contribution >= 4 is 38.9 Å². The molecule has 21 heavy (non-hydrogen) atoms. The van der Waals surface area contributed by atoms with Gasteiger partial charge < -0.3 is 5.11 Å². The lowest BCUT2D eigenvalue weighted by atomic mass is 9.78. The molecular weight excluding hydrogens is 334 g/mol. The van der Waals surface area contributed by atoms with Crippen molar-refractivity contribution in [2.75, 3.05) is 0 Å². The average Bonchev–Trinajstić information content (AvgIpc) is 2.73. The van der Waals surface area contributed by atoms with Gasteiger partial charge in [-0.2, -0.15) is 4.72 Å². The number of aryl methyl sites for hydroxylation is 1. The highest BCUT2D eigenvalue weighted by molar-refractivity contribution is 7.91. The van der Waals surface area contributed by atoms with Gasteiger partial charge in [-0.25, -0.2) is 8.42 Å². The van der Waals surface area contributed by atoms with E-state index in [-0.39, 0.29) is 4.21 Å². The summed E-state index contributed by atoms with van der Waals surface area (Å²) in [4.78, 5) is 11.6. The van der Waals surface area contributed by atoms with E-state index in [1.807, 2.05) is 6.92 Å². The van der Waals surface area contributed by atoms with E-state index in [2.05, 4.69) is 4.72 Å². The maximum absolute atomic E-state index is 12.4. The quantitative estimate of drug-likeness (QED) is 0.873. The Labute approximate surface area is 133 Å². The molecular formula is C13H18ClNO4S2. The second-order valence-corrected chi connectivity index (χ2v) is 9.26. The third-order valence-electron chi connectivity index (χ3n) is 3.97. The number of carboxylic acids is 1. The minimum absolute atomic E-state index is 0.0595. The number of hydrogen-bond donors (Lipinski definition) is 2. The second-order valence-electron chi connectivity index (χ2n) is 5.70. The summed E-state index contributed by atoms with van der Waals surface area (Å²) < 4.78 is 27.7. The average molecular weight is 352 g/mol. The molecule has 1 aliphatic rings. The number of halogens is 1. The van der Waals surface area contributed by atoms with Crippen molar-refractivity contribution in [1.29, 1.82) is 0 Å². The number of thiophene rings is 1. The van der Waals surface area contributed by atoms with Crippen LogP contribution in [0.15, 0.2) is 10.3 Å². The fraction of sp³-hybridized carbons (Fsp3) is 0.615. The second kappa shape index (κ2) is 5.87. The molecule has 1 aromatic heterocycles. The van der Waals surface area contributed by atoms with Crippen LogP contribution in [0.1, 0.15) is 38.2 Å². The predicted octanol–water partition coefficient (Wildman–Crippen LogP) is 3.02. The third kappa shape index (κ3) is 3.41. The topological polar surface area (TPSA) is 83.5 Å². The zero-order valence-corrected chi connectivity index (χ0v) is 14.2. The van der Waals surface area contributed by atoms with Crippen molar-refractivity contribution < 1.29 is 18.3 Å². The van der Waals surface area contributed by atoms with Crippen LogP contribution in [0, 0.1) is 12.8 Å². The standard InChI is InChI=1S/C13H18ClNO4S2/c1-8-3-5-13(6-4-8,12(16)17)15-21(18,19)10-7-9(2)11(14)20-10/h7-8,15H,3-6H2,1-2H3,(H,16,17). The Morgan fingerprint density at radius 2 is 2.05 bits per heavy atom. The molecule has 0 atom stereocenters. The molecule has 0 aliphatic heterocycles. The van der Waals surface area contributed by atoms with Crippen LogP contribution in [0.3, 0.4) is 0 Å². The van der Waals surface area contributed by atoms with Crippen LogP contribution in [0.4, 0.5) is 0 Å². The minimum atomic E-state index is -3.88. The molecule has 2 rings (SSSR count). The minimum Gasteiger partial charge on any atom is -0.480 e. The monoisotopic (exact) mass is 351 g/mol. The number of nitrogens with one attached hydrogen (secondary N) is 1. The molecule has 1 aliphatic carbocycles. The Balaban J connectivity index is 2.30. The van der Waals surface area contributed by atoms with Crippen LogP contribution in [0.25, 0.3) is 0 Å². The molecule has 1 saturated carbocycles. The molecule has 0 bridgehead atoms. The highest BCUT2D eigenvalue weighted by atomic mass is 35.5. The van der Waals surface area contributed by atoms with Crippen LogP contribution in [0.5, 0.6) is 0 Å². The molecule has 1 aromatic rings. The number of hydrogen-bond acceptors (Lipinski definition) is 4. The lowest BCUT2D eigenvalue weighted by Crippen LogP contribution is -2.56. The van der Waals surface area contributed by atoms with E-state index in [9.17, 15) is 18.3 Å². The smallest absolute Gasteiger partial charge is 0.324 e. The first-order valence-corrected chi connectivity index (χ1v) is 9.37. The first-order chi connectivity index (χ1) is 9.66. The van der Waals surface area contributed by atoms with E-state index in [0.717, 1.165) is 11.3 Å². The van der Waals surface area contributed by atoms with Gasteiger partial charge in [-0.3, -0.25) is 4.79 Å². The van der Waals surface area contributed by atoms with E-state index in [0.29, 0.717) is 41.5 Å². The summed E-state index contributed by atoms with van der Waals surface area (Å²) in [5.41, 5.74) is -0.737. The third-order valence-corrected chi connectivity index (χ3v) is 7.53. The van der Waals surface area contributed by atoms with Gasteiger partial charge in [-0.05, 0) is 50.2 Å². The molecule has 0 amide bonds. The van der Waals surface area contributed by atoms with Gasteiger partial charge in [0.05, 0.1) is 4.34 Å². The molecule has 2 N–H and O–H groups in total. The highest BCUT2D eigenvalue weighted by Gasteiger charge is 2.44. The molecule has 0 spiro atoms. The molecule has 0 aromatic carbocycles. The lowest BCUT2D eigenvalue weighted by Gasteiger charge is -2.35. The molecule has 1 fully saturated rings. The molecule has 8 heteroatoms. The highest BCUT2D eigenvalue weighted by Crippen LogP contribution is 2.35. The van der Waals surface area contributed by atoms with Crippen LogP contribution in [0.2, 0.25) is 4.34 Å². The Morgan fingerprint density at radius 1 is 1.48 bits per heavy atom. The summed E-state index contributed by atoms with van der Waals surface area (Å²) in [5, 5.41) is 9.50. The summed E-state index contributed by atoms with van der Waals surface area (Å²) >= 11 is 6.85.